The van der Waals surface area contributed by atoms with Crippen LogP contribution in [0.3, 0.4) is 0 Å². The molecule has 1 fully saturated rings. The Morgan fingerprint density at radius 2 is 1.96 bits per heavy atom. The summed E-state index contributed by atoms with van der Waals surface area (Å²) in [6.07, 6.45) is 2.12. The summed E-state index contributed by atoms with van der Waals surface area (Å²) in [5.41, 5.74) is -0.598. The first-order chi connectivity index (χ1) is 11.7. The van der Waals surface area contributed by atoms with Crippen molar-refractivity contribution < 1.29 is 22.3 Å². The van der Waals surface area contributed by atoms with E-state index in [9.17, 15) is 17.6 Å². The number of halogens is 1. The molecule has 1 heterocycles. The van der Waals surface area contributed by atoms with Gasteiger partial charge < -0.3 is 10.1 Å². The van der Waals surface area contributed by atoms with E-state index in [1.54, 1.807) is 25.1 Å². The molecule has 1 aliphatic rings. The molecule has 25 heavy (non-hydrogen) atoms. The maximum atomic E-state index is 14.1. The molecule has 1 saturated heterocycles. The zero-order chi connectivity index (χ0) is 18.7. The topological polar surface area (TPSA) is 75.7 Å². The third-order valence-corrected chi connectivity index (χ3v) is 6.09. The third kappa shape index (κ3) is 4.77. The van der Waals surface area contributed by atoms with Gasteiger partial charge in [-0.25, -0.2) is 17.1 Å². The van der Waals surface area contributed by atoms with Gasteiger partial charge in [0.15, 0.2) is 0 Å². The minimum atomic E-state index is -3.22. The van der Waals surface area contributed by atoms with Crippen LogP contribution in [0.1, 0.15) is 25.3 Å². The van der Waals surface area contributed by atoms with Crippen molar-refractivity contribution in [1.82, 2.24) is 9.62 Å². The molecule has 140 valence electrons. The molecule has 1 N–H and O–H groups in total. The number of benzene rings is 1. The Bertz CT molecular complexity index is 717. The van der Waals surface area contributed by atoms with Gasteiger partial charge >= 0.3 is 0 Å². The van der Waals surface area contributed by atoms with Crippen LogP contribution in [0.15, 0.2) is 24.3 Å². The Balaban J connectivity index is 1.96. The number of methoxy groups -OCH3 is 1. The zero-order valence-corrected chi connectivity index (χ0v) is 15.6. The number of ether oxygens (including phenoxy) is 1. The average molecular weight is 372 g/mol. The molecule has 1 amide bonds. The van der Waals surface area contributed by atoms with Gasteiger partial charge in [-0.15, -0.1) is 0 Å². The van der Waals surface area contributed by atoms with Crippen molar-refractivity contribution in [3.05, 3.63) is 35.6 Å². The first-order valence-corrected chi connectivity index (χ1v) is 10.1. The highest BCUT2D eigenvalue weighted by molar-refractivity contribution is 7.88. The number of sulfonamides is 1. The molecular formula is C17H25FN2O4S. The number of nitrogens with zero attached hydrogens (tertiary/aromatic N) is 1. The van der Waals surface area contributed by atoms with Crippen LogP contribution >= 0.6 is 0 Å². The summed E-state index contributed by atoms with van der Waals surface area (Å²) in [4.78, 5) is 12.4. The first-order valence-electron chi connectivity index (χ1n) is 8.20. The van der Waals surface area contributed by atoms with Gasteiger partial charge in [0.2, 0.25) is 15.9 Å². The van der Waals surface area contributed by atoms with Crippen molar-refractivity contribution in [2.45, 2.75) is 25.4 Å². The number of hydrogen-bond acceptors (Lipinski definition) is 4. The molecule has 0 aromatic heterocycles. The fourth-order valence-electron chi connectivity index (χ4n) is 3.02. The van der Waals surface area contributed by atoms with Gasteiger partial charge in [0.25, 0.3) is 0 Å². The summed E-state index contributed by atoms with van der Waals surface area (Å²) >= 11 is 0. The van der Waals surface area contributed by atoms with Crippen molar-refractivity contribution in [3.8, 4) is 0 Å². The zero-order valence-electron chi connectivity index (χ0n) is 14.8. The van der Waals surface area contributed by atoms with Gasteiger partial charge in [0, 0.05) is 31.7 Å². The van der Waals surface area contributed by atoms with Crippen LogP contribution in [0.2, 0.25) is 0 Å². The van der Waals surface area contributed by atoms with Crippen molar-refractivity contribution in [2.75, 3.05) is 33.0 Å². The highest BCUT2D eigenvalue weighted by Crippen LogP contribution is 2.27. The summed E-state index contributed by atoms with van der Waals surface area (Å²) in [7, 11) is -1.74. The van der Waals surface area contributed by atoms with Crippen LogP contribution in [0.25, 0.3) is 0 Å². The van der Waals surface area contributed by atoms with E-state index in [4.69, 9.17) is 4.74 Å². The van der Waals surface area contributed by atoms with E-state index in [-0.39, 0.29) is 24.2 Å². The highest BCUT2D eigenvalue weighted by atomic mass is 32.2. The molecule has 0 unspecified atom stereocenters. The molecule has 2 rings (SSSR count). The van der Waals surface area contributed by atoms with Gasteiger partial charge in [-0.1, -0.05) is 18.2 Å². The molecule has 0 radical (unpaired) electrons. The maximum Gasteiger partial charge on any atom is 0.223 e. The maximum absolute atomic E-state index is 14.1. The van der Waals surface area contributed by atoms with Crippen molar-refractivity contribution in [2.24, 2.45) is 5.92 Å². The monoisotopic (exact) mass is 372 g/mol. The number of carbonyl (C=O) groups is 1. The minimum Gasteiger partial charge on any atom is -0.372 e. The van der Waals surface area contributed by atoms with Crippen molar-refractivity contribution >= 4 is 15.9 Å². The van der Waals surface area contributed by atoms with Crippen LogP contribution < -0.4 is 5.32 Å². The Hall–Kier alpha value is -1.51. The van der Waals surface area contributed by atoms with Crippen LogP contribution in [-0.2, 0) is 25.2 Å². The minimum absolute atomic E-state index is 0.134. The number of nitrogens with one attached hydrogen (secondary N) is 1. The smallest absolute Gasteiger partial charge is 0.223 e. The summed E-state index contributed by atoms with van der Waals surface area (Å²) in [6.45, 7) is 2.53. The van der Waals surface area contributed by atoms with Crippen molar-refractivity contribution in [3.63, 3.8) is 0 Å². The van der Waals surface area contributed by atoms with Crippen LogP contribution in [0.5, 0.6) is 0 Å². The van der Waals surface area contributed by atoms with Gasteiger partial charge in [-0.05, 0) is 25.8 Å². The number of amides is 1. The molecule has 1 aromatic rings. The standard InChI is InChI=1S/C17H25FN2O4S/c1-17(24-2,14-6-4-5-7-15(14)18)12-19-16(21)13-8-10-20(11-9-13)25(3,22)23/h4-7,13H,8-12H2,1-3H3,(H,19,21)/t17-/m0/s1. The van der Waals surface area contributed by atoms with Crippen molar-refractivity contribution in [1.29, 1.82) is 0 Å². The molecule has 0 aliphatic carbocycles. The molecule has 8 heteroatoms. The lowest BCUT2D eigenvalue weighted by molar-refractivity contribution is -0.127. The molecule has 6 nitrogen and oxygen atoms in total. The Kier molecular flexibility index (Phi) is 6.18. The molecule has 1 atom stereocenters. The number of hydrogen-bond donors (Lipinski definition) is 1. The lowest BCUT2D eigenvalue weighted by Gasteiger charge is -2.32. The molecular weight excluding hydrogens is 347 g/mol. The Morgan fingerprint density at radius 1 is 1.36 bits per heavy atom. The van der Waals surface area contributed by atoms with E-state index < -0.39 is 15.6 Å². The summed E-state index contributed by atoms with van der Waals surface area (Å²) in [6, 6.07) is 6.31. The number of carbonyl (C=O) groups excluding carboxylic acids is 1. The summed E-state index contributed by atoms with van der Waals surface area (Å²) < 4.78 is 43.9. The lowest BCUT2D eigenvalue weighted by atomic mass is 9.93. The molecule has 0 spiro atoms. The number of rotatable bonds is 6. The molecule has 1 aromatic carbocycles. The molecule has 0 saturated carbocycles. The lowest BCUT2D eigenvalue weighted by Crippen LogP contribution is -2.46. The van der Waals surface area contributed by atoms with E-state index in [1.165, 1.54) is 23.7 Å². The SMILES string of the molecule is CO[C@@](C)(CNC(=O)C1CCN(S(C)(=O)=O)CC1)c1ccccc1F. The second-order valence-corrected chi connectivity index (χ2v) is 8.55. The van der Waals surface area contributed by atoms with E-state index in [0.29, 0.717) is 31.5 Å². The Morgan fingerprint density at radius 3 is 2.48 bits per heavy atom. The second-order valence-electron chi connectivity index (χ2n) is 6.57. The predicted octanol–water partition coefficient (Wildman–Crippen LogP) is 1.48. The first kappa shape index (κ1) is 19.8. The van der Waals surface area contributed by atoms with E-state index >= 15 is 0 Å². The Labute approximate surface area is 148 Å². The van der Waals surface area contributed by atoms with E-state index in [1.807, 2.05) is 0 Å². The third-order valence-electron chi connectivity index (χ3n) is 4.79. The fourth-order valence-corrected chi connectivity index (χ4v) is 3.89. The summed E-state index contributed by atoms with van der Waals surface area (Å²) in [5, 5.41) is 2.82. The quantitative estimate of drug-likeness (QED) is 0.821. The average Bonchev–Trinajstić information content (AvgIpc) is 2.59. The number of piperidine rings is 1. The van der Waals surface area contributed by atoms with Gasteiger partial charge in [0.1, 0.15) is 11.4 Å². The van der Waals surface area contributed by atoms with E-state index in [0.717, 1.165) is 0 Å². The highest BCUT2D eigenvalue weighted by Gasteiger charge is 2.33. The second kappa shape index (κ2) is 7.80. The molecule has 0 bridgehead atoms. The van der Waals surface area contributed by atoms with Crippen LogP contribution in [-0.4, -0.2) is 51.6 Å². The predicted molar refractivity (Wildman–Crippen MR) is 92.9 cm³/mol. The van der Waals surface area contributed by atoms with Gasteiger partial charge in [-0.2, -0.15) is 0 Å². The van der Waals surface area contributed by atoms with Gasteiger partial charge in [0.05, 0.1) is 12.8 Å². The van der Waals surface area contributed by atoms with Crippen LogP contribution in [0, 0.1) is 11.7 Å². The fraction of sp³-hybridized carbons (Fsp3) is 0.588. The van der Waals surface area contributed by atoms with Crippen LogP contribution in [0.4, 0.5) is 4.39 Å². The molecule has 1 aliphatic heterocycles. The van der Waals surface area contributed by atoms with E-state index in [2.05, 4.69) is 5.32 Å². The normalized spacial score (nSPS) is 19.4. The summed E-state index contributed by atoms with van der Waals surface area (Å²) in [5.74, 6) is -0.796. The van der Waals surface area contributed by atoms with Gasteiger partial charge in [-0.3, -0.25) is 4.79 Å². The largest absolute Gasteiger partial charge is 0.372 e.